The number of thiazole rings is 1. The van der Waals surface area contributed by atoms with Crippen molar-refractivity contribution in [2.75, 3.05) is 0 Å². The highest BCUT2D eigenvalue weighted by Crippen LogP contribution is 2.22. The first kappa shape index (κ1) is 12.1. The first-order chi connectivity index (χ1) is 8.04. The molecule has 90 valence electrons. The molecule has 5 heteroatoms. The molecule has 1 heterocycles. The molecule has 1 unspecified atom stereocenters. The summed E-state index contributed by atoms with van der Waals surface area (Å²) in [6.07, 6.45) is 2.11. The summed E-state index contributed by atoms with van der Waals surface area (Å²) in [5.41, 5.74) is 6.52. The average molecular weight is 254 g/mol. The Morgan fingerprint density at radius 2 is 1.94 bits per heavy atom. The van der Waals surface area contributed by atoms with Crippen molar-refractivity contribution < 1.29 is 8.78 Å². The molecule has 0 saturated carbocycles. The SMILES string of the molecule is Cc1ncc(C(N)Cc2cc(F)cc(F)c2)s1. The molecule has 17 heavy (non-hydrogen) atoms. The average Bonchev–Trinajstić information content (AvgIpc) is 2.63. The van der Waals surface area contributed by atoms with Crippen molar-refractivity contribution in [2.45, 2.75) is 19.4 Å². The monoisotopic (exact) mass is 254 g/mol. The minimum absolute atomic E-state index is 0.276. The van der Waals surface area contributed by atoms with Crippen LogP contribution in [0.2, 0.25) is 0 Å². The van der Waals surface area contributed by atoms with E-state index in [9.17, 15) is 8.78 Å². The normalized spacial score (nSPS) is 12.7. The molecule has 1 aromatic heterocycles. The van der Waals surface area contributed by atoms with E-state index in [1.807, 2.05) is 6.92 Å². The molecule has 0 bridgehead atoms. The van der Waals surface area contributed by atoms with E-state index in [-0.39, 0.29) is 6.04 Å². The number of halogens is 2. The van der Waals surface area contributed by atoms with Crippen LogP contribution in [-0.2, 0) is 6.42 Å². The molecule has 0 aliphatic rings. The van der Waals surface area contributed by atoms with Crippen LogP contribution in [0, 0.1) is 18.6 Å². The van der Waals surface area contributed by atoms with Crippen LogP contribution >= 0.6 is 11.3 Å². The summed E-state index contributed by atoms with van der Waals surface area (Å²) in [6.45, 7) is 1.89. The number of hydrogen-bond donors (Lipinski definition) is 1. The molecule has 0 radical (unpaired) electrons. The maximum absolute atomic E-state index is 13.0. The zero-order chi connectivity index (χ0) is 12.4. The number of aromatic nitrogens is 1. The molecule has 2 rings (SSSR count). The van der Waals surface area contributed by atoms with Crippen molar-refractivity contribution in [1.82, 2.24) is 4.98 Å². The largest absolute Gasteiger partial charge is 0.323 e. The van der Waals surface area contributed by atoms with Crippen LogP contribution in [0.1, 0.15) is 21.5 Å². The molecule has 2 aromatic rings. The Balaban J connectivity index is 2.15. The van der Waals surface area contributed by atoms with Gasteiger partial charge in [-0.25, -0.2) is 13.8 Å². The van der Waals surface area contributed by atoms with E-state index in [0.717, 1.165) is 16.0 Å². The van der Waals surface area contributed by atoms with Gasteiger partial charge in [0.2, 0.25) is 0 Å². The van der Waals surface area contributed by atoms with Gasteiger partial charge in [-0.1, -0.05) is 0 Å². The molecule has 2 nitrogen and oxygen atoms in total. The third kappa shape index (κ3) is 3.08. The van der Waals surface area contributed by atoms with Crippen LogP contribution in [0.4, 0.5) is 8.78 Å². The van der Waals surface area contributed by atoms with Gasteiger partial charge in [0.25, 0.3) is 0 Å². The van der Waals surface area contributed by atoms with Gasteiger partial charge in [-0.05, 0) is 31.0 Å². The second-order valence-electron chi connectivity index (χ2n) is 3.87. The lowest BCUT2D eigenvalue weighted by atomic mass is 10.1. The third-order valence-electron chi connectivity index (χ3n) is 2.38. The molecule has 0 amide bonds. The Kier molecular flexibility index (Phi) is 3.49. The third-order valence-corrected chi connectivity index (χ3v) is 3.43. The molecule has 0 fully saturated rings. The number of hydrogen-bond acceptors (Lipinski definition) is 3. The van der Waals surface area contributed by atoms with Crippen molar-refractivity contribution in [1.29, 1.82) is 0 Å². The Morgan fingerprint density at radius 3 is 2.47 bits per heavy atom. The molecular weight excluding hydrogens is 242 g/mol. The van der Waals surface area contributed by atoms with Crippen LogP contribution in [0.25, 0.3) is 0 Å². The topological polar surface area (TPSA) is 38.9 Å². The Bertz CT molecular complexity index is 505. The Morgan fingerprint density at radius 1 is 1.29 bits per heavy atom. The van der Waals surface area contributed by atoms with Crippen LogP contribution in [0.3, 0.4) is 0 Å². The zero-order valence-corrected chi connectivity index (χ0v) is 10.1. The fraction of sp³-hybridized carbons (Fsp3) is 0.250. The van der Waals surface area contributed by atoms with Gasteiger partial charge in [-0.15, -0.1) is 11.3 Å². The molecular formula is C12H12F2N2S. The number of nitrogens with zero attached hydrogens (tertiary/aromatic N) is 1. The summed E-state index contributed by atoms with van der Waals surface area (Å²) < 4.78 is 26.0. The van der Waals surface area contributed by atoms with Crippen LogP contribution < -0.4 is 5.73 Å². The van der Waals surface area contributed by atoms with Gasteiger partial charge in [0, 0.05) is 23.2 Å². The first-order valence-corrected chi connectivity index (χ1v) is 5.99. The summed E-state index contributed by atoms with van der Waals surface area (Å²) in [6, 6.07) is 3.18. The highest BCUT2D eigenvalue weighted by Gasteiger charge is 2.11. The van der Waals surface area contributed by atoms with Crippen LogP contribution in [-0.4, -0.2) is 4.98 Å². The van der Waals surface area contributed by atoms with Gasteiger partial charge in [0.1, 0.15) is 11.6 Å². The lowest BCUT2D eigenvalue weighted by Gasteiger charge is -2.09. The molecule has 1 aromatic carbocycles. The van der Waals surface area contributed by atoms with Gasteiger partial charge in [-0.2, -0.15) is 0 Å². The number of rotatable bonds is 3. The highest BCUT2D eigenvalue weighted by atomic mass is 32.1. The van der Waals surface area contributed by atoms with E-state index in [1.165, 1.54) is 23.5 Å². The number of benzene rings is 1. The van der Waals surface area contributed by atoms with E-state index in [1.54, 1.807) is 6.20 Å². The number of nitrogens with two attached hydrogens (primary N) is 1. The van der Waals surface area contributed by atoms with Gasteiger partial charge in [0.05, 0.1) is 5.01 Å². The summed E-state index contributed by atoms with van der Waals surface area (Å²) >= 11 is 1.50. The molecule has 0 aliphatic carbocycles. The van der Waals surface area contributed by atoms with Gasteiger partial charge >= 0.3 is 0 Å². The van der Waals surface area contributed by atoms with E-state index in [4.69, 9.17) is 5.73 Å². The first-order valence-electron chi connectivity index (χ1n) is 5.17. The van der Waals surface area contributed by atoms with Crippen molar-refractivity contribution in [2.24, 2.45) is 5.73 Å². The van der Waals surface area contributed by atoms with Crippen LogP contribution in [0.15, 0.2) is 24.4 Å². The lowest BCUT2D eigenvalue weighted by Crippen LogP contribution is -2.12. The van der Waals surface area contributed by atoms with Crippen molar-refractivity contribution in [3.8, 4) is 0 Å². The standard InChI is InChI=1S/C12H12F2N2S/c1-7-16-6-12(17-7)11(15)4-8-2-9(13)5-10(14)3-8/h2-3,5-6,11H,4,15H2,1H3. The van der Waals surface area contributed by atoms with Crippen molar-refractivity contribution in [3.05, 3.63) is 51.5 Å². The van der Waals surface area contributed by atoms with Gasteiger partial charge < -0.3 is 5.73 Å². The van der Waals surface area contributed by atoms with Crippen molar-refractivity contribution in [3.63, 3.8) is 0 Å². The smallest absolute Gasteiger partial charge is 0.126 e. The zero-order valence-electron chi connectivity index (χ0n) is 9.28. The van der Waals surface area contributed by atoms with E-state index in [0.29, 0.717) is 12.0 Å². The maximum atomic E-state index is 13.0. The van der Waals surface area contributed by atoms with Crippen molar-refractivity contribution >= 4 is 11.3 Å². The minimum atomic E-state index is -0.576. The summed E-state index contributed by atoms with van der Waals surface area (Å²) in [7, 11) is 0. The summed E-state index contributed by atoms with van der Waals surface area (Å²) in [5.74, 6) is -1.15. The van der Waals surface area contributed by atoms with Gasteiger partial charge in [0.15, 0.2) is 0 Å². The Hall–Kier alpha value is -1.33. The number of aryl methyl sites for hydroxylation is 1. The van der Waals surface area contributed by atoms with E-state index >= 15 is 0 Å². The fourth-order valence-electron chi connectivity index (χ4n) is 1.63. The highest BCUT2D eigenvalue weighted by molar-refractivity contribution is 7.11. The van der Waals surface area contributed by atoms with E-state index in [2.05, 4.69) is 4.98 Å². The van der Waals surface area contributed by atoms with E-state index < -0.39 is 11.6 Å². The fourth-order valence-corrected chi connectivity index (χ4v) is 2.42. The molecule has 0 aliphatic heterocycles. The minimum Gasteiger partial charge on any atom is -0.323 e. The van der Waals surface area contributed by atoms with Gasteiger partial charge in [-0.3, -0.25) is 0 Å². The lowest BCUT2D eigenvalue weighted by molar-refractivity contribution is 0.577. The second kappa shape index (κ2) is 4.89. The predicted octanol–water partition coefficient (Wildman–Crippen LogP) is 2.97. The second-order valence-corrected chi connectivity index (χ2v) is 5.14. The Labute approximate surface area is 102 Å². The quantitative estimate of drug-likeness (QED) is 0.914. The molecule has 1 atom stereocenters. The summed E-state index contributed by atoms with van der Waals surface area (Å²) in [4.78, 5) is 5.03. The molecule has 0 saturated heterocycles. The maximum Gasteiger partial charge on any atom is 0.126 e. The molecule has 0 spiro atoms. The van der Waals surface area contributed by atoms with Crippen LogP contribution in [0.5, 0.6) is 0 Å². The predicted molar refractivity (Wildman–Crippen MR) is 63.8 cm³/mol. The molecule has 2 N–H and O–H groups in total. The summed E-state index contributed by atoms with van der Waals surface area (Å²) in [5, 5.41) is 0.931.